The lowest BCUT2D eigenvalue weighted by Gasteiger charge is -2.37. The molecule has 0 amide bonds. The zero-order chi connectivity index (χ0) is 27.0. The summed E-state index contributed by atoms with van der Waals surface area (Å²) in [5, 5.41) is 0. The van der Waals surface area contributed by atoms with E-state index < -0.39 is 0 Å². The lowest BCUT2D eigenvalue weighted by Crippen LogP contribution is -2.26. The molecule has 0 N–H and O–H groups in total. The van der Waals surface area contributed by atoms with Crippen LogP contribution in [0.2, 0.25) is 0 Å². The molecule has 0 spiro atoms. The van der Waals surface area contributed by atoms with Crippen molar-refractivity contribution < 1.29 is 0 Å². The van der Waals surface area contributed by atoms with Gasteiger partial charge in [0.2, 0.25) is 0 Å². The van der Waals surface area contributed by atoms with Gasteiger partial charge in [0.15, 0.2) is 0 Å². The smallest absolute Gasteiger partial charge is 0.0134 e. The van der Waals surface area contributed by atoms with E-state index in [0.29, 0.717) is 0 Å². The summed E-state index contributed by atoms with van der Waals surface area (Å²) in [5.74, 6) is 0. The SMILES string of the molecule is CCCC(CCC)(C1=Cc2c(cccc2-c2ccc(C)cc2)C1)C1=Cc2c(cccc2-c2ccc(C)cc2)C1. The van der Waals surface area contributed by atoms with Crippen molar-refractivity contribution in [1.82, 2.24) is 0 Å². The average Bonchev–Trinajstić information content (AvgIpc) is 3.59. The molecular weight excluding hydrogens is 468 g/mol. The Balaban J connectivity index is 1.45. The maximum absolute atomic E-state index is 2.58. The molecule has 0 nitrogen and oxygen atoms in total. The predicted octanol–water partition coefficient (Wildman–Crippen LogP) is 10.8. The van der Waals surface area contributed by atoms with E-state index >= 15 is 0 Å². The first-order chi connectivity index (χ1) is 19.0. The predicted molar refractivity (Wildman–Crippen MR) is 169 cm³/mol. The van der Waals surface area contributed by atoms with Crippen LogP contribution in [0.25, 0.3) is 34.4 Å². The van der Waals surface area contributed by atoms with Crippen molar-refractivity contribution in [2.45, 2.75) is 66.2 Å². The van der Waals surface area contributed by atoms with Crippen molar-refractivity contribution in [2.24, 2.45) is 5.41 Å². The molecule has 0 saturated carbocycles. The second kappa shape index (κ2) is 10.5. The molecule has 0 fully saturated rings. The standard InChI is InChI=1S/C39H40/c1-5-21-39(22-6-2,33-23-31-9-7-11-35(37(31)25-33)29-17-13-27(3)14-18-29)34-24-32-10-8-12-36(38(32)26-34)30-19-15-28(4)16-20-30/h7-20,25-26H,5-6,21-24H2,1-4H3. The molecule has 196 valence electrons. The summed E-state index contributed by atoms with van der Waals surface area (Å²) < 4.78 is 0. The van der Waals surface area contributed by atoms with Crippen molar-refractivity contribution in [2.75, 3.05) is 0 Å². The Kier molecular flexibility index (Phi) is 6.90. The highest BCUT2D eigenvalue weighted by Gasteiger charge is 2.40. The first-order valence-corrected chi connectivity index (χ1v) is 14.8. The normalized spacial score (nSPS) is 14.2. The number of rotatable bonds is 8. The van der Waals surface area contributed by atoms with Crippen LogP contribution in [0.1, 0.15) is 72.9 Å². The molecule has 4 aromatic rings. The van der Waals surface area contributed by atoms with Gasteiger partial charge in [-0.2, -0.15) is 0 Å². The largest absolute Gasteiger partial charge is 0.0653 e. The van der Waals surface area contributed by atoms with Crippen molar-refractivity contribution >= 4 is 12.2 Å². The molecule has 0 unspecified atom stereocenters. The molecule has 6 rings (SSSR count). The van der Waals surface area contributed by atoms with Gasteiger partial charge < -0.3 is 0 Å². The van der Waals surface area contributed by atoms with Crippen LogP contribution in [-0.2, 0) is 12.8 Å². The molecule has 0 bridgehead atoms. The monoisotopic (exact) mass is 508 g/mol. The molecule has 39 heavy (non-hydrogen) atoms. The van der Waals surface area contributed by atoms with E-state index in [-0.39, 0.29) is 5.41 Å². The fourth-order valence-corrected chi connectivity index (χ4v) is 7.15. The van der Waals surface area contributed by atoms with E-state index in [1.54, 1.807) is 11.1 Å². The highest BCUT2D eigenvalue weighted by atomic mass is 14.4. The molecule has 0 heterocycles. The molecule has 0 aliphatic heterocycles. The summed E-state index contributed by atoms with van der Waals surface area (Å²) in [5.41, 5.74) is 17.2. The van der Waals surface area contributed by atoms with Gasteiger partial charge in [-0.25, -0.2) is 0 Å². The van der Waals surface area contributed by atoms with Gasteiger partial charge in [0.05, 0.1) is 0 Å². The zero-order valence-electron chi connectivity index (χ0n) is 24.0. The summed E-state index contributed by atoms with van der Waals surface area (Å²) in [7, 11) is 0. The highest BCUT2D eigenvalue weighted by Crippen LogP contribution is 2.53. The lowest BCUT2D eigenvalue weighted by molar-refractivity contribution is 0.349. The first kappa shape index (κ1) is 25.6. The molecule has 4 aromatic carbocycles. The van der Waals surface area contributed by atoms with Crippen LogP contribution in [0.3, 0.4) is 0 Å². The average molecular weight is 509 g/mol. The van der Waals surface area contributed by atoms with Crippen molar-refractivity contribution in [3.05, 3.63) is 129 Å². The van der Waals surface area contributed by atoms with Crippen LogP contribution in [0.15, 0.2) is 96.1 Å². The van der Waals surface area contributed by atoms with Crippen LogP contribution >= 0.6 is 0 Å². The third-order valence-electron chi connectivity index (χ3n) is 9.10. The molecule has 0 heteroatoms. The summed E-state index contributed by atoms with van der Waals surface area (Å²) in [6.45, 7) is 9.06. The second-order valence-electron chi connectivity index (χ2n) is 11.8. The molecule has 2 aliphatic carbocycles. The second-order valence-corrected chi connectivity index (χ2v) is 11.8. The van der Waals surface area contributed by atoms with Gasteiger partial charge in [-0.3, -0.25) is 0 Å². The Morgan fingerprint density at radius 1 is 0.538 bits per heavy atom. The summed E-state index contributed by atoms with van der Waals surface area (Å²) in [6, 6.07) is 31.9. The fraction of sp³-hybridized carbons (Fsp3) is 0.282. The van der Waals surface area contributed by atoms with E-state index in [2.05, 4.69) is 125 Å². The number of hydrogen-bond acceptors (Lipinski definition) is 0. The van der Waals surface area contributed by atoms with Gasteiger partial charge >= 0.3 is 0 Å². The third kappa shape index (κ3) is 4.61. The van der Waals surface area contributed by atoms with Gasteiger partial charge in [-0.1, -0.05) is 146 Å². The van der Waals surface area contributed by atoms with Crippen molar-refractivity contribution in [3.63, 3.8) is 0 Å². The van der Waals surface area contributed by atoms with Gasteiger partial charge in [0.25, 0.3) is 0 Å². The Morgan fingerprint density at radius 2 is 0.949 bits per heavy atom. The van der Waals surface area contributed by atoms with Crippen LogP contribution in [-0.4, -0.2) is 0 Å². The molecule has 0 saturated heterocycles. The summed E-state index contributed by atoms with van der Waals surface area (Å²) in [4.78, 5) is 0. The molecule has 2 aliphatic rings. The van der Waals surface area contributed by atoms with Crippen LogP contribution in [0.5, 0.6) is 0 Å². The minimum atomic E-state index is 0.108. The third-order valence-corrected chi connectivity index (χ3v) is 9.10. The Bertz CT molecular complexity index is 1440. The van der Waals surface area contributed by atoms with Crippen LogP contribution in [0, 0.1) is 19.3 Å². The molecule has 0 atom stereocenters. The Hall–Kier alpha value is -3.64. The number of benzene rings is 4. The molecule has 0 radical (unpaired) electrons. The Morgan fingerprint density at radius 3 is 1.33 bits per heavy atom. The van der Waals surface area contributed by atoms with E-state index in [4.69, 9.17) is 0 Å². The summed E-state index contributed by atoms with van der Waals surface area (Å²) >= 11 is 0. The van der Waals surface area contributed by atoms with Gasteiger partial charge in [0, 0.05) is 5.41 Å². The number of fused-ring (bicyclic) bond motifs is 2. The minimum absolute atomic E-state index is 0.108. The van der Waals surface area contributed by atoms with Gasteiger partial charge in [-0.05, 0) is 84.0 Å². The minimum Gasteiger partial charge on any atom is -0.0653 e. The van der Waals surface area contributed by atoms with E-state index in [1.165, 1.54) is 81.3 Å². The van der Waals surface area contributed by atoms with Crippen molar-refractivity contribution in [3.8, 4) is 22.3 Å². The van der Waals surface area contributed by atoms with E-state index in [1.807, 2.05) is 0 Å². The van der Waals surface area contributed by atoms with E-state index in [0.717, 1.165) is 12.8 Å². The van der Waals surface area contributed by atoms with Gasteiger partial charge in [-0.15, -0.1) is 0 Å². The van der Waals surface area contributed by atoms with E-state index in [9.17, 15) is 0 Å². The Labute approximate surface area is 235 Å². The summed E-state index contributed by atoms with van der Waals surface area (Å²) in [6.07, 6.45) is 12.1. The van der Waals surface area contributed by atoms with Gasteiger partial charge in [0.1, 0.15) is 0 Å². The number of hydrogen-bond donors (Lipinski definition) is 0. The van der Waals surface area contributed by atoms with Crippen LogP contribution in [0.4, 0.5) is 0 Å². The maximum Gasteiger partial charge on any atom is 0.0134 e. The zero-order valence-corrected chi connectivity index (χ0v) is 24.0. The topological polar surface area (TPSA) is 0 Å². The van der Waals surface area contributed by atoms with Crippen molar-refractivity contribution in [1.29, 1.82) is 0 Å². The number of allylic oxidation sites excluding steroid dienone is 2. The quantitative estimate of drug-likeness (QED) is 0.222. The molecule has 0 aromatic heterocycles. The highest BCUT2D eigenvalue weighted by molar-refractivity contribution is 5.84. The van der Waals surface area contributed by atoms with Crippen LogP contribution < -0.4 is 0 Å². The lowest BCUT2D eigenvalue weighted by atomic mass is 9.66. The maximum atomic E-state index is 2.58. The number of aryl methyl sites for hydroxylation is 2. The molecular formula is C39H40. The first-order valence-electron chi connectivity index (χ1n) is 14.8. The fourth-order valence-electron chi connectivity index (χ4n) is 7.15.